The molecule has 4 unspecified atom stereocenters. The molecule has 8 heteroatoms. The number of carbonyl (C=O) groups is 2. The van der Waals surface area contributed by atoms with E-state index in [4.69, 9.17) is 9.47 Å². The van der Waals surface area contributed by atoms with Gasteiger partial charge in [-0.1, -0.05) is 60.3 Å². The Labute approximate surface area is 324 Å². The molecule has 53 heavy (non-hydrogen) atoms. The highest BCUT2D eigenvalue weighted by atomic mass is 16.6. The van der Waals surface area contributed by atoms with Crippen LogP contribution in [0.3, 0.4) is 0 Å². The first-order chi connectivity index (χ1) is 24.6. The molecule has 0 aromatic heterocycles. The topological polar surface area (TPSA) is 108 Å². The Bertz CT molecular complexity index is 1190. The molecule has 0 aromatic carbocycles. The maximum Gasteiger partial charge on any atom is 0.410 e. The van der Waals surface area contributed by atoms with E-state index in [1.54, 1.807) is 0 Å². The molecule has 4 aliphatic rings. The summed E-state index contributed by atoms with van der Waals surface area (Å²) in [5.41, 5.74) is -1.88. The summed E-state index contributed by atoms with van der Waals surface area (Å²) >= 11 is 0. The van der Waals surface area contributed by atoms with Gasteiger partial charge in [0.25, 0.3) is 0 Å². The second-order valence-corrected chi connectivity index (χ2v) is 21.1. The van der Waals surface area contributed by atoms with Gasteiger partial charge in [0.1, 0.15) is 11.2 Å². The molecule has 0 heterocycles. The summed E-state index contributed by atoms with van der Waals surface area (Å²) in [6.45, 7) is 25.4. The second-order valence-electron chi connectivity index (χ2n) is 21.1. The van der Waals surface area contributed by atoms with Crippen LogP contribution < -0.4 is 5.32 Å². The third-order valence-corrected chi connectivity index (χ3v) is 14.4. The summed E-state index contributed by atoms with van der Waals surface area (Å²) in [6, 6.07) is -0.0867. The maximum absolute atomic E-state index is 13.3. The zero-order valence-corrected chi connectivity index (χ0v) is 36.0. The van der Waals surface area contributed by atoms with Crippen molar-refractivity contribution in [3.63, 3.8) is 0 Å². The molecule has 0 aliphatic heterocycles. The van der Waals surface area contributed by atoms with Crippen molar-refractivity contribution < 1.29 is 29.3 Å². The minimum atomic E-state index is -0.958. The standard InChI is InChI=1S/C45H82N2O6/c1-31(2)17-15-18-32(3)35-20-21-36-34-29-38(45(51)30-33(48)22-25-44(45,11)37(34)23-24-43(35,36)10)46-26-16-28-47(40(50)53-42(7,8)9)27-14-12-13-19-39(49)52-41(4,5)6/h31-38,46,48,51H,12-30H2,1-11H3/t32?,33-,34?,35+,36?,37?,38+,43+,44+,45-/m0/s1. The maximum atomic E-state index is 13.3. The number of carbonyl (C=O) groups excluding carboxylic acids is 2. The Morgan fingerprint density at radius 3 is 2.17 bits per heavy atom. The highest BCUT2D eigenvalue weighted by Crippen LogP contribution is 2.69. The van der Waals surface area contributed by atoms with Gasteiger partial charge in [0.2, 0.25) is 0 Å². The monoisotopic (exact) mass is 747 g/mol. The third kappa shape index (κ3) is 10.9. The first-order valence-electron chi connectivity index (χ1n) is 21.9. The Morgan fingerprint density at radius 2 is 1.51 bits per heavy atom. The summed E-state index contributed by atoms with van der Waals surface area (Å²) in [5, 5.41) is 27.6. The number of hydrogen-bond acceptors (Lipinski definition) is 7. The van der Waals surface area contributed by atoms with E-state index < -0.39 is 22.9 Å². The van der Waals surface area contributed by atoms with Crippen LogP contribution in [0.1, 0.15) is 179 Å². The van der Waals surface area contributed by atoms with Gasteiger partial charge in [-0.15, -0.1) is 0 Å². The predicted molar refractivity (Wildman–Crippen MR) is 214 cm³/mol. The van der Waals surface area contributed by atoms with Crippen molar-refractivity contribution in [3.05, 3.63) is 0 Å². The van der Waals surface area contributed by atoms with Gasteiger partial charge >= 0.3 is 12.1 Å². The van der Waals surface area contributed by atoms with Crippen LogP contribution in [0.4, 0.5) is 4.79 Å². The molecule has 0 aromatic rings. The van der Waals surface area contributed by atoms with Crippen LogP contribution in [0, 0.1) is 46.3 Å². The predicted octanol–water partition coefficient (Wildman–Crippen LogP) is 9.68. The number of aliphatic hydroxyl groups is 2. The molecule has 10 atom stereocenters. The normalized spacial score (nSPS) is 34.9. The lowest BCUT2D eigenvalue weighted by Crippen LogP contribution is -2.71. The van der Waals surface area contributed by atoms with Crippen molar-refractivity contribution in [2.24, 2.45) is 46.3 Å². The summed E-state index contributed by atoms with van der Waals surface area (Å²) in [6.07, 6.45) is 14.9. The molecular weight excluding hydrogens is 665 g/mol. The molecule has 0 radical (unpaired) electrons. The molecule has 4 saturated carbocycles. The molecule has 308 valence electrons. The van der Waals surface area contributed by atoms with Gasteiger partial charge < -0.3 is 29.9 Å². The van der Waals surface area contributed by atoms with E-state index >= 15 is 0 Å². The fourth-order valence-electron chi connectivity index (χ4n) is 11.9. The van der Waals surface area contributed by atoms with E-state index in [9.17, 15) is 19.8 Å². The molecule has 4 aliphatic carbocycles. The number of ether oxygens (including phenoxy) is 2. The highest BCUT2D eigenvalue weighted by Gasteiger charge is 2.67. The van der Waals surface area contributed by atoms with E-state index in [1.807, 2.05) is 46.4 Å². The first kappa shape index (κ1) is 44.3. The lowest BCUT2D eigenvalue weighted by Gasteiger charge is -2.66. The van der Waals surface area contributed by atoms with E-state index in [2.05, 4.69) is 39.9 Å². The first-order valence-corrected chi connectivity index (χ1v) is 21.9. The van der Waals surface area contributed by atoms with Crippen LogP contribution in [0.5, 0.6) is 0 Å². The molecule has 4 rings (SSSR count). The number of amides is 1. The molecular formula is C45H82N2O6. The quantitative estimate of drug-likeness (QED) is 0.107. The molecule has 4 fully saturated rings. The van der Waals surface area contributed by atoms with Crippen LogP contribution >= 0.6 is 0 Å². The van der Waals surface area contributed by atoms with Crippen molar-refractivity contribution in [1.82, 2.24) is 10.2 Å². The molecule has 3 N–H and O–H groups in total. The third-order valence-electron chi connectivity index (χ3n) is 14.4. The Hall–Kier alpha value is -1.38. The smallest absolute Gasteiger partial charge is 0.410 e. The molecule has 0 saturated heterocycles. The van der Waals surface area contributed by atoms with Crippen LogP contribution in [0.25, 0.3) is 0 Å². The fourth-order valence-corrected chi connectivity index (χ4v) is 11.9. The van der Waals surface area contributed by atoms with Crippen LogP contribution in [0.15, 0.2) is 0 Å². The van der Waals surface area contributed by atoms with Gasteiger partial charge in [-0.2, -0.15) is 0 Å². The lowest BCUT2D eigenvalue weighted by molar-refractivity contribution is -0.234. The second kappa shape index (κ2) is 17.8. The number of rotatable bonds is 16. The number of hydrogen-bond donors (Lipinski definition) is 3. The SMILES string of the molecule is CC(C)CCCC(C)[C@H]1CCC2C3C[C@@H](NCCCN(CCCCCC(=O)OC(C)(C)C)C(=O)OC(C)(C)C)[C@@]4(O)C[C@@H](O)CC[C@]4(C)C3CC[C@@]21C. The minimum absolute atomic E-state index is 0.0867. The van der Waals surface area contributed by atoms with Crippen LogP contribution in [-0.4, -0.2) is 75.8 Å². The van der Waals surface area contributed by atoms with Crippen LogP contribution in [0.2, 0.25) is 0 Å². The van der Waals surface area contributed by atoms with E-state index in [0.29, 0.717) is 55.6 Å². The molecule has 1 amide bonds. The van der Waals surface area contributed by atoms with Gasteiger partial charge in [0.05, 0.1) is 11.7 Å². The number of aliphatic hydroxyl groups excluding tert-OH is 1. The zero-order chi connectivity index (χ0) is 39.4. The van der Waals surface area contributed by atoms with Crippen LogP contribution in [-0.2, 0) is 14.3 Å². The summed E-state index contributed by atoms with van der Waals surface area (Å²) in [7, 11) is 0. The van der Waals surface area contributed by atoms with E-state index in [0.717, 1.165) is 62.7 Å². The lowest BCUT2D eigenvalue weighted by atomic mass is 9.42. The number of esters is 1. The van der Waals surface area contributed by atoms with Gasteiger partial charge in [-0.3, -0.25) is 4.79 Å². The Kier molecular flexibility index (Phi) is 14.9. The Morgan fingerprint density at radius 1 is 0.830 bits per heavy atom. The number of nitrogens with zero attached hydrogens (tertiary/aromatic N) is 1. The molecule has 0 spiro atoms. The van der Waals surface area contributed by atoms with E-state index in [-0.39, 0.29) is 23.5 Å². The van der Waals surface area contributed by atoms with Gasteiger partial charge in [-0.25, -0.2) is 4.79 Å². The largest absolute Gasteiger partial charge is 0.460 e. The average Bonchev–Trinajstić information content (AvgIpc) is 3.38. The van der Waals surface area contributed by atoms with Gasteiger partial charge in [0.15, 0.2) is 0 Å². The number of nitrogens with one attached hydrogen (secondary N) is 1. The highest BCUT2D eigenvalue weighted by molar-refractivity contribution is 5.69. The molecule has 8 nitrogen and oxygen atoms in total. The van der Waals surface area contributed by atoms with Crippen molar-refractivity contribution in [1.29, 1.82) is 0 Å². The number of unbranched alkanes of at least 4 members (excludes halogenated alkanes) is 2. The minimum Gasteiger partial charge on any atom is -0.460 e. The van der Waals surface area contributed by atoms with Gasteiger partial charge in [0, 0.05) is 37.4 Å². The number of fused-ring (bicyclic) bond motifs is 5. The summed E-state index contributed by atoms with van der Waals surface area (Å²) < 4.78 is 11.3. The fraction of sp³-hybridized carbons (Fsp3) is 0.956. The van der Waals surface area contributed by atoms with Crippen molar-refractivity contribution in [3.8, 4) is 0 Å². The Balaban J connectivity index is 1.41. The van der Waals surface area contributed by atoms with Crippen molar-refractivity contribution in [2.45, 2.75) is 208 Å². The average molecular weight is 747 g/mol. The summed E-state index contributed by atoms with van der Waals surface area (Å²) in [4.78, 5) is 27.3. The van der Waals surface area contributed by atoms with E-state index in [1.165, 1.54) is 44.9 Å². The molecule has 0 bridgehead atoms. The van der Waals surface area contributed by atoms with Gasteiger partial charge in [-0.05, 0) is 153 Å². The van der Waals surface area contributed by atoms with Crippen molar-refractivity contribution >= 4 is 12.1 Å². The summed E-state index contributed by atoms with van der Waals surface area (Å²) in [5.74, 6) is 3.89. The zero-order valence-electron chi connectivity index (χ0n) is 36.0. The van der Waals surface area contributed by atoms with Crippen molar-refractivity contribution in [2.75, 3.05) is 19.6 Å².